The molecule has 1 atom stereocenters. The molecule has 17 heavy (non-hydrogen) atoms. The van der Waals surface area contributed by atoms with Crippen LogP contribution in [0.5, 0.6) is 0 Å². The fourth-order valence-corrected chi connectivity index (χ4v) is 1.57. The maximum absolute atomic E-state index is 10.5. The second-order valence-electron chi connectivity index (χ2n) is 3.76. The third-order valence-corrected chi connectivity index (χ3v) is 3.04. The largest absolute Gasteiger partial charge is 0.396 e. The Morgan fingerprint density at radius 3 is 2.18 bits per heavy atom. The Bertz CT molecular complexity index is 433. The minimum atomic E-state index is -4.02. The zero-order valence-corrected chi connectivity index (χ0v) is 10.4. The van der Waals surface area contributed by atoms with Gasteiger partial charge in [0.2, 0.25) is 0 Å². The number of ether oxygens (including phenoxy) is 1. The third kappa shape index (κ3) is 5.78. The second-order valence-corrected chi connectivity index (χ2v) is 5.18. The van der Waals surface area contributed by atoms with Crippen LogP contribution in [0.4, 0.5) is 0 Å². The lowest BCUT2D eigenvalue weighted by Crippen LogP contribution is -1.96. The van der Waals surface area contributed by atoms with Crippen LogP contribution in [0.3, 0.4) is 0 Å². The molecule has 1 saturated heterocycles. The summed E-state index contributed by atoms with van der Waals surface area (Å²) in [6, 6.07) is 5.99. The Labute approximate surface area is 101 Å². The van der Waals surface area contributed by atoms with E-state index in [1.165, 1.54) is 12.1 Å². The van der Waals surface area contributed by atoms with Crippen LogP contribution < -0.4 is 0 Å². The van der Waals surface area contributed by atoms with Gasteiger partial charge in [-0.1, -0.05) is 17.7 Å². The maximum Gasteiger partial charge on any atom is 0.294 e. The molecule has 1 aromatic carbocycles. The summed E-state index contributed by atoms with van der Waals surface area (Å²) in [7, 11) is -4.02. The van der Waals surface area contributed by atoms with E-state index in [2.05, 4.69) is 0 Å². The van der Waals surface area contributed by atoms with Gasteiger partial charge >= 0.3 is 0 Å². The molecule has 96 valence electrons. The number of aliphatic hydroxyl groups is 1. The van der Waals surface area contributed by atoms with E-state index in [0.717, 1.165) is 18.6 Å². The summed E-state index contributed by atoms with van der Waals surface area (Å²) in [4.78, 5) is -0.0666. The van der Waals surface area contributed by atoms with E-state index in [9.17, 15) is 8.42 Å². The van der Waals surface area contributed by atoms with Gasteiger partial charge in [-0.05, 0) is 25.5 Å². The van der Waals surface area contributed by atoms with Crippen LogP contribution in [0.15, 0.2) is 29.2 Å². The first kappa shape index (κ1) is 14.1. The van der Waals surface area contributed by atoms with Gasteiger partial charge in [0.1, 0.15) is 0 Å². The van der Waals surface area contributed by atoms with Crippen molar-refractivity contribution in [3.63, 3.8) is 0 Å². The Kier molecular flexibility index (Phi) is 5.07. The van der Waals surface area contributed by atoms with Crippen molar-refractivity contribution in [2.75, 3.05) is 13.2 Å². The molecule has 0 saturated carbocycles. The first-order chi connectivity index (χ1) is 7.93. The van der Waals surface area contributed by atoms with E-state index in [-0.39, 0.29) is 11.5 Å². The molecule has 0 spiro atoms. The standard InChI is InChI=1S/C7H8O3S.C4H8O2/c1-6-2-4-7(5-3-6)11(8,9)10;5-2-1-4-3-6-4/h2-5H,1H3,(H,8,9,10);4-5H,1-3H2/t;4-/m.0/s1. The summed E-state index contributed by atoms with van der Waals surface area (Å²) in [6.45, 7) is 2.97. The van der Waals surface area contributed by atoms with Crippen molar-refractivity contribution in [1.82, 2.24) is 0 Å². The molecular formula is C11H16O5S. The van der Waals surface area contributed by atoms with Crippen LogP contribution in [0.25, 0.3) is 0 Å². The van der Waals surface area contributed by atoms with E-state index >= 15 is 0 Å². The van der Waals surface area contributed by atoms with Gasteiger partial charge in [0, 0.05) is 6.61 Å². The van der Waals surface area contributed by atoms with E-state index < -0.39 is 10.1 Å². The van der Waals surface area contributed by atoms with Gasteiger partial charge in [-0.15, -0.1) is 0 Å². The number of rotatable bonds is 3. The van der Waals surface area contributed by atoms with Crippen LogP contribution in [-0.2, 0) is 14.9 Å². The quantitative estimate of drug-likeness (QED) is 0.625. The molecular weight excluding hydrogens is 244 g/mol. The van der Waals surface area contributed by atoms with E-state index in [1.54, 1.807) is 12.1 Å². The van der Waals surface area contributed by atoms with Crippen molar-refractivity contribution >= 4 is 10.1 Å². The smallest absolute Gasteiger partial charge is 0.294 e. The molecule has 1 aliphatic heterocycles. The molecule has 2 N–H and O–H groups in total. The molecule has 2 rings (SSSR count). The summed E-state index contributed by atoms with van der Waals surface area (Å²) < 4.78 is 34.3. The van der Waals surface area contributed by atoms with Crippen LogP contribution in [0.2, 0.25) is 0 Å². The van der Waals surface area contributed by atoms with Gasteiger partial charge in [0.05, 0.1) is 17.6 Å². The number of aryl methyl sites for hydroxylation is 1. The number of aliphatic hydroxyl groups excluding tert-OH is 1. The SMILES string of the molecule is Cc1ccc(S(=O)(=O)O)cc1.OCC[C@H]1CO1. The van der Waals surface area contributed by atoms with Gasteiger partial charge in [0.25, 0.3) is 10.1 Å². The number of hydrogen-bond donors (Lipinski definition) is 2. The third-order valence-electron chi connectivity index (χ3n) is 2.17. The van der Waals surface area contributed by atoms with Gasteiger partial charge in [-0.2, -0.15) is 8.42 Å². The zero-order chi connectivity index (χ0) is 12.9. The van der Waals surface area contributed by atoms with Crippen molar-refractivity contribution in [1.29, 1.82) is 0 Å². The number of hydrogen-bond acceptors (Lipinski definition) is 4. The minimum Gasteiger partial charge on any atom is -0.396 e. The Hall–Kier alpha value is -0.950. The van der Waals surface area contributed by atoms with E-state index in [1.807, 2.05) is 6.92 Å². The normalized spacial score (nSPS) is 18.2. The highest BCUT2D eigenvalue weighted by Gasteiger charge is 2.20. The van der Waals surface area contributed by atoms with E-state index in [0.29, 0.717) is 6.10 Å². The molecule has 0 aliphatic carbocycles. The monoisotopic (exact) mass is 260 g/mol. The Morgan fingerprint density at radius 1 is 1.35 bits per heavy atom. The first-order valence-corrected chi connectivity index (χ1v) is 6.64. The van der Waals surface area contributed by atoms with Crippen molar-refractivity contribution in [3.8, 4) is 0 Å². The highest BCUT2D eigenvalue weighted by Crippen LogP contribution is 2.11. The zero-order valence-electron chi connectivity index (χ0n) is 9.54. The van der Waals surface area contributed by atoms with Gasteiger partial charge in [-0.3, -0.25) is 4.55 Å². The Morgan fingerprint density at radius 2 is 1.88 bits per heavy atom. The summed E-state index contributed by atoms with van der Waals surface area (Å²) >= 11 is 0. The molecule has 1 aliphatic rings. The number of benzene rings is 1. The first-order valence-electron chi connectivity index (χ1n) is 5.20. The summed E-state index contributed by atoms with van der Waals surface area (Å²) in [5.41, 5.74) is 0.956. The van der Waals surface area contributed by atoms with Crippen LogP contribution in [0, 0.1) is 6.92 Å². The lowest BCUT2D eigenvalue weighted by Gasteiger charge is -1.95. The fourth-order valence-electron chi connectivity index (χ4n) is 1.09. The summed E-state index contributed by atoms with van der Waals surface area (Å²) in [5.74, 6) is 0. The predicted octanol–water partition coefficient (Wildman–Crippen LogP) is 1.01. The topological polar surface area (TPSA) is 87.1 Å². The Balaban J connectivity index is 0.000000202. The molecule has 0 aromatic heterocycles. The predicted molar refractivity (Wildman–Crippen MR) is 62.4 cm³/mol. The van der Waals surface area contributed by atoms with Gasteiger partial charge < -0.3 is 9.84 Å². The van der Waals surface area contributed by atoms with Crippen molar-refractivity contribution in [3.05, 3.63) is 29.8 Å². The van der Waals surface area contributed by atoms with Crippen molar-refractivity contribution < 1.29 is 22.8 Å². The van der Waals surface area contributed by atoms with Gasteiger partial charge in [0.15, 0.2) is 0 Å². The molecule has 0 amide bonds. The molecule has 1 fully saturated rings. The van der Waals surface area contributed by atoms with Crippen LogP contribution in [0.1, 0.15) is 12.0 Å². The lowest BCUT2D eigenvalue weighted by molar-refractivity contribution is 0.264. The fraction of sp³-hybridized carbons (Fsp3) is 0.455. The molecule has 0 unspecified atom stereocenters. The van der Waals surface area contributed by atoms with E-state index in [4.69, 9.17) is 14.4 Å². The summed E-state index contributed by atoms with van der Waals surface area (Å²) in [6.07, 6.45) is 1.22. The number of epoxide rings is 1. The molecule has 0 bridgehead atoms. The van der Waals surface area contributed by atoms with Crippen LogP contribution >= 0.6 is 0 Å². The molecule has 0 radical (unpaired) electrons. The highest BCUT2D eigenvalue weighted by molar-refractivity contribution is 7.85. The maximum atomic E-state index is 10.5. The van der Waals surface area contributed by atoms with Crippen molar-refractivity contribution in [2.45, 2.75) is 24.3 Å². The van der Waals surface area contributed by atoms with Crippen molar-refractivity contribution in [2.24, 2.45) is 0 Å². The second kappa shape index (κ2) is 6.11. The highest BCUT2D eigenvalue weighted by atomic mass is 32.2. The molecule has 1 heterocycles. The average Bonchev–Trinajstić information content (AvgIpc) is 3.02. The summed E-state index contributed by atoms with van der Waals surface area (Å²) in [5, 5.41) is 8.20. The lowest BCUT2D eigenvalue weighted by atomic mass is 10.2. The molecule has 5 nitrogen and oxygen atoms in total. The molecule has 1 aromatic rings. The average molecular weight is 260 g/mol. The van der Waals surface area contributed by atoms with Crippen LogP contribution in [-0.4, -0.2) is 37.4 Å². The minimum absolute atomic E-state index is 0.0666. The van der Waals surface area contributed by atoms with Gasteiger partial charge in [-0.25, -0.2) is 0 Å². The molecule has 6 heteroatoms.